The zero-order chi connectivity index (χ0) is 42.7. The fourth-order valence-electron chi connectivity index (χ4n) is 10.9. The van der Waals surface area contributed by atoms with Gasteiger partial charge in [-0.05, 0) is 146 Å². The second-order valence-corrected chi connectivity index (χ2v) is 17.7. The summed E-state index contributed by atoms with van der Waals surface area (Å²) in [5.74, 6) is 2.01. The van der Waals surface area contributed by atoms with Crippen LogP contribution in [-0.2, 0) is 19.5 Å². The van der Waals surface area contributed by atoms with E-state index < -0.39 is 5.41 Å². The Hall–Kier alpha value is -7.56. The Labute approximate surface area is 367 Å². The Kier molecular flexibility index (Phi) is 8.11. The molecule has 302 valence electrons. The molecule has 0 spiro atoms. The quantitative estimate of drug-likeness (QED) is 0.162. The second kappa shape index (κ2) is 13.7. The van der Waals surface area contributed by atoms with Crippen LogP contribution in [0.15, 0.2) is 170 Å². The summed E-state index contributed by atoms with van der Waals surface area (Å²) in [6.07, 6.45) is 0. The van der Waals surface area contributed by atoms with Gasteiger partial charge in [-0.25, -0.2) is 9.97 Å². The van der Waals surface area contributed by atoms with E-state index in [-0.39, 0.29) is 0 Å². The molecule has 63 heavy (non-hydrogen) atoms. The molecule has 0 unspecified atom stereocenters. The summed E-state index contributed by atoms with van der Waals surface area (Å²) in [6.45, 7) is 8.52. The maximum Gasteiger partial charge on any atom is 0.106 e. The fourth-order valence-corrected chi connectivity index (χ4v) is 10.9. The van der Waals surface area contributed by atoms with Crippen LogP contribution in [0.4, 0.5) is 0 Å². The zero-order valence-electron chi connectivity index (χ0n) is 36.5. The van der Waals surface area contributed by atoms with Crippen LogP contribution in [-0.4, -0.2) is 19.1 Å². The van der Waals surface area contributed by atoms with E-state index in [4.69, 9.17) is 9.97 Å². The topological polar surface area (TPSA) is 35.6 Å². The van der Waals surface area contributed by atoms with Crippen molar-refractivity contribution in [1.82, 2.24) is 19.1 Å². The first kappa shape index (κ1) is 37.2. The van der Waals surface area contributed by atoms with Gasteiger partial charge in [0.15, 0.2) is 0 Å². The van der Waals surface area contributed by atoms with E-state index in [2.05, 4.69) is 221 Å². The van der Waals surface area contributed by atoms with Gasteiger partial charge in [0.05, 0.1) is 27.5 Å². The predicted octanol–water partition coefficient (Wildman–Crippen LogP) is 14.4. The van der Waals surface area contributed by atoms with E-state index >= 15 is 0 Å². The van der Waals surface area contributed by atoms with Gasteiger partial charge >= 0.3 is 0 Å². The van der Waals surface area contributed by atoms with Crippen LogP contribution in [0.1, 0.15) is 45.0 Å². The molecule has 2 heterocycles. The van der Waals surface area contributed by atoms with Gasteiger partial charge in [0, 0.05) is 14.1 Å². The number of fused-ring (bicyclic) bond motifs is 7. The minimum absolute atomic E-state index is 0.585. The van der Waals surface area contributed by atoms with Crippen LogP contribution in [0.25, 0.3) is 88.1 Å². The lowest BCUT2D eigenvalue weighted by atomic mass is 9.65. The van der Waals surface area contributed by atoms with E-state index in [1.807, 2.05) is 0 Å². The lowest BCUT2D eigenvalue weighted by molar-refractivity contribution is 0.769. The highest BCUT2D eigenvalue weighted by Gasteiger charge is 2.47. The molecule has 0 aliphatic heterocycles. The Balaban J connectivity index is 1.24. The minimum Gasteiger partial charge on any atom is -0.331 e. The first-order valence-corrected chi connectivity index (χ1v) is 21.9. The third-order valence-corrected chi connectivity index (χ3v) is 14.2. The molecule has 9 aromatic carbocycles. The van der Waals surface area contributed by atoms with Gasteiger partial charge in [0.1, 0.15) is 11.6 Å². The standard InChI is InChI=1S/C59H46N4/c1-35-20-26-41(27-21-35)59(42-28-22-36(2)23-29-42)52-19-8-7-12-45(52)48-17-11-18-49(58(48)59)57-46-15-9-13-43(39-24-30-53-55(32-39)62(5)37(3)60-53)50(46)34-51-44(14-10-16-47(51)57)40-25-31-54-56(33-40)63(6)38(4)61-54/h7-34H,1-6H3. The maximum absolute atomic E-state index is 4.86. The summed E-state index contributed by atoms with van der Waals surface area (Å²) >= 11 is 0. The zero-order valence-corrected chi connectivity index (χ0v) is 36.5. The number of benzene rings is 9. The lowest BCUT2D eigenvalue weighted by Gasteiger charge is -2.36. The van der Waals surface area contributed by atoms with Crippen molar-refractivity contribution < 1.29 is 0 Å². The molecule has 4 nitrogen and oxygen atoms in total. The molecule has 4 heteroatoms. The Morgan fingerprint density at radius 1 is 0.397 bits per heavy atom. The average molecular weight is 811 g/mol. The highest BCUT2D eigenvalue weighted by Crippen LogP contribution is 2.60. The molecule has 0 bridgehead atoms. The number of hydrogen-bond acceptors (Lipinski definition) is 2. The summed E-state index contributed by atoms with van der Waals surface area (Å²) in [5.41, 5.74) is 21.1. The molecule has 2 aromatic heterocycles. The van der Waals surface area contributed by atoms with Crippen molar-refractivity contribution in [3.63, 3.8) is 0 Å². The number of aromatic nitrogens is 4. The Morgan fingerprint density at radius 3 is 1.40 bits per heavy atom. The van der Waals surface area contributed by atoms with E-state index in [9.17, 15) is 0 Å². The van der Waals surface area contributed by atoms with Gasteiger partial charge in [-0.3, -0.25) is 0 Å². The molecule has 12 rings (SSSR count). The first-order chi connectivity index (χ1) is 30.7. The summed E-state index contributed by atoms with van der Waals surface area (Å²) in [7, 11) is 4.22. The van der Waals surface area contributed by atoms with Gasteiger partial charge < -0.3 is 9.13 Å². The van der Waals surface area contributed by atoms with Crippen molar-refractivity contribution in [2.24, 2.45) is 14.1 Å². The number of rotatable bonds is 5. The Morgan fingerprint density at radius 2 is 0.857 bits per heavy atom. The van der Waals surface area contributed by atoms with Crippen molar-refractivity contribution in [1.29, 1.82) is 0 Å². The van der Waals surface area contributed by atoms with Crippen LogP contribution in [0.3, 0.4) is 0 Å². The van der Waals surface area contributed by atoms with Crippen molar-refractivity contribution in [2.45, 2.75) is 33.1 Å². The molecular weight excluding hydrogens is 765 g/mol. The van der Waals surface area contributed by atoms with E-state index in [0.717, 1.165) is 33.7 Å². The summed E-state index contributed by atoms with van der Waals surface area (Å²) in [5, 5.41) is 4.88. The molecule has 11 aromatic rings. The van der Waals surface area contributed by atoms with E-state index in [1.54, 1.807) is 0 Å². The highest BCUT2D eigenvalue weighted by molar-refractivity contribution is 6.20. The summed E-state index contributed by atoms with van der Waals surface area (Å²) < 4.78 is 4.39. The number of imidazole rings is 2. The smallest absolute Gasteiger partial charge is 0.106 e. The number of aryl methyl sites for hydroxylation is 6. The third-order valence-electron chi connectivity index (χ3n) is 14.2. The highest BCUT2D eigenvalue weighted by atomic mass is 15.1. The molecular formula is C59H46N4. The van der Waals surface area contributed by atoms with E-state index in [1.165, 1.54) is 99.4 Å². The second-order valence-electron chi connectivity index (χ2n) is 17.7. The van der Waals surface area contributed by atoms with Crippen molar-refractivity contribution >= 4 is 43.6 Å². The minimum atomic E-state index is -0.585. The Bertz CT molecular complexity index is 3490. The van der Waals surface area contributed by atoms with Crippen LogP contribution in [0.5, 0.6) is 0 Å². The first-order valence-electron chi connectivity index (χ1n) is 21.9. The monoisotopic (exact) mass is 810 g/mol. The lowest BCUT2D eigenvalue weighted by Crippen LogP contribution is -2.29. The molecule has 0 atom stereocenters. The molecule has 0 fully saturated rings. The van der Waals surface area contributed by atoms with Gasteiger partial charge in [-0.15, -0.1) is 0 Å². The SMILES string of the molecule is Cc1ccc(C2(c3ccc(C)cc3)c3ccccc3-c3cccc(-c4c5cccc(-c6ccc7nc(C)n(C)c7c6)c5cc5c(-c6ccc7nc(C)n(C)c7c6)cccc45)c32)cc1. The normalized spacial score (nSPS) is 13.0. The van der Waals surface area contributed by atoms with Crippen LogP contribution >= 0.6 is 0 Å². The predicted molar refractivity (Wildman–Crippen MR) is 263 cm³/mol. The van der Waals surface area contributed by atoms with Crippen LogP contribution in [0, 0.1) is 27.7 Å². The molecule has 1 aliphatic rings. The number of nitrogens with zero attached hydrogens (tertiary/aromatic N) is 4. The van der Waals surface area contributed by atoms with Crippen LogP contribution < -0.4 is 0 Å². The molecule has 0 saturated heterocycles. The molecule has 0 N–H and O–H groups in total. The molecule has 0 radical (unpaired) electrons. The van der Waals surface area contributed by atoms with Crippen molar-refractivity contribution in [2.75, 3.05) is 0 Å². The van der Waals surface area contributed by atoms with Crippen molar-refractivity contribution in [3.05, 3.63) is 215 Å². The fraction of sp³-hybridized carbons (Fsp3) is 0.119. The number of hydrogen-bond donors (Lipinski definition) is 0. The van der Waals surface area contributed by atoms with Gasteiger partial charge in [0.2, 0.25) is 0 Å². The maximum atomic E-state index is 4.86. The van der Waals surface area contributed by atoms with Gasteiger partial charge in [-0.2, -0.15) is 0 Å². The largest absolute Gasteiger partial charge is 0.331 e. The average Bonchev–Trinajstić information content (AvgIpc) is 3.89. The van der Waals surface area contributed by atoms with E-state index in [0.29, 0.717) is 0 Å². The van der Waals surface area contributed by atoms with Gasteiger partial charge in [-0.1, -0.05) is 151 Å². The molecule has 1 aliphatic carbocycles. The summed E-state index contributed by atoms with van der Waals surface area (Å²) in [4.78, 5) is 9.72. The third kappa shape index (κ3) is 5.34. The molecule has 0 saturated carbocycles. The molecule has 0 amide bonds. The van der Waals surface area contributed by atoms with Crippen molar-refractivity contribution in [3.8, 4) is 44.5 Å². The van der Waals surface area contributed by atoms with Gasteiger partial charge in [0.25, 0.3) is 0 Å². The van der Waals surface area contributed by atoms with Crippen LogP contribution in [0.2, 0.25) is 0 Å². The summed E-state index contributed by atoms with van der Waals surface area (Å²) in [6, 6.07) is 64.4.